The van der Waals surface area contributed by atoms with E-state index in [9.17, 15) is 4.79 Å². The van der Waals surface area contributed by atoms with Gasteiger partial charge in [-0.1, -0.05) is 12.8 Å². The molecule has 1 fully saturated rings. The lowest BCUT2D eigenvalue weighted by Gasteiger charge is -2.28. The minimum atomic E-state index is -0.853. The Kier molecular flexibility index (Phi) is 4.76. The van der Waals surface area contributed by atoms with Gasteiger partial charge in [0.15, 0.2) is 5.82 Å². The quantitative estimate of drug-likeness (QED) is 0.859. The smallest absolute Gasteiger partial charge is 0.323 e. The lowest BCUT2D eigenvalue weighted by Crippen LogP contribution is -2.38. The van der Waals surface area contributed by atoms with Gasteiger partial charge in [-0.05, 0) is 26.7 Å². The molecular weight excluding hydrogens is 258 g/mol. The van der Waals surface area contributed by atoms with Crippen molar-refractivity contribution in [1.29, 1.82) is 0 Å². The third-order valence-electron chi connectivity index (χ3n) is 3.32. The second kappa shape index (κ2) is 6.54. The predicted molar refractivity (Wildman–Crippen MR) is 75.0 cm³/mol. The van der Waals surface area contributed by atoms with Crippen LogP contribution in [0.2, 0.25) is 0 Å². The fourth-order valence-electron chi connectivity index (χ4n) is 2.53. The van der Waals surface area contributed by atoms with Crippen LogP contribution >= 0.6 is 0 Å². The largest absolute Gasteiger partial charge is 0.480 e. The Morgan fingerprint density at radius 2 is 2.15 bits per heavy atom. The number of nitrogens with zero attached hydrogens (tertiary/aromatic N) is 3. The van der Waals surface area contributed by atoms with Gasteiger partial charge in [0.05, 0.1) is 18.5 Å². The molecule has 1 heterocycles. The molecule has 1 N–H and O–H groups in total. The second-order valence-electron chi connectivity index (χ2n) is 5.34. The summed E-state index contributed by atoms with van der Waals surface area (Å²) in [6, 6.07) is 0.231. The first-order valence-corrected chi connectivity index (χ1v) is 7.03. The minimum absolute atomic E-state index is 0.0129. The van der Waals surface area contributed by atoms with E-state index in [1.807, 2.05) is 18.7 Å². The Labute approximate surface area is 118 Å². The summed E-state index contributed by atoms with van der Waals surface area (Å²) >= 11 is 0. The molecule has 6 heteroatoms. The van der Waals surface area contributed by atoms with Gasteiger partial charge in [0.2, 0.25) is 5.88 Å². The van der Waals surface area contributed by atoms with Gasteiger partial charge >= 0.3 is 5.97 Å². The van der Waals surface area contributed by atoms with Gasteiger partial charge in [-0.25, -0.2) is 0 Å². The van der Waals surface area contributed by atoms with Crippen LogP contribution in [-0.4, -0.2) is 39.7 Å². The molecular formula is C14H21N3O3. The monoisotopic (exact) mass is 279 g/mol. The van der Waals surface area contributed by atoms with E-state index in [0.29, 0.717) is 11.7 Å². The number of hydrogen-bond donors (Lipinski definition) is 1. The van der Waals surface area contributed by atoms with E-state index in [-0.39, 0.29) is 18.7 Å². The lowest BCUT2D eigenvalue weighted by molar-refractivity contribution is -0.135. The third kappa shape index (κ3) is 3.82. The highest BCUT2D eigenvalue weighted by Crippen LogP contribution is 2.27. The maximum atomic E-state index is 11.1. The fourth-order valence-corrected chi connectivity index (χ4v) is 2.53. The number of carboxylic acids is 1. The topological polar surface area (TPSA) is 75.5 Å². The van der Waals surface area contributed by atoms with E-state index in [2.05, 4.69) is 9.97 Å². The maximum Gasteiger partial charge on any atom is 0.323 e. The number of anilines is 1. The Morgan fingerprint density at radius 1 is 1.45 bits per heavy atom. The molecule has 6 nitrogen and oxygen atoms in total. The van der Waals surface area contributed by atoms with E-state index >= 15 is 0 Å². The molecule has 0 spiro atoms. The van der Waals surface area contributed by atoms with Crippen LogP contribution in [0.5, 0.6) is 5.88 Å². The standard InChI is InChI=1S/C14H21N3O3/c1-10(2)20-13-8-15-7-12(16-13)17(9-14(18)19)11-5-3-4-6-11/h7-8,10-11H,3-6,9H2,1-2H3,(H,18,19). The van der Waals surface area contributed by atoms with Gasteiger partial charge < -0.3 is 14.7 Å². The summed E-state index contributed by atoms with van der Waals surface area (Å²) in [5.41, 5.74) is 0. The summed E-state index contributed by atoms with van der Waals surface area (Å²) in [4.78, 5) is 21.4. The summed E-state index contributed by atoms with van der Waals surface area (Å²) in [6.07, 6.45) is 7.45. The number of carbonyl (C=O) groups is 1. The van der Waals surface area contributed by atoms with Crippen molar-refractivity contribution in [3.8, 4) is 5.88 Å². The number of aliphatic carboxylic acids is 1. The number of carboxylic acid groups (broad SMARTS) is 1. The number of ether oxygens (including phenoxy) is 1. The van der Waals surface area contributed by atoms with Crippen molar-refractivity contribution in [2.24, 2.45) is 0 Å². The van der Waals surface area contributed by atoms with Crippen LogP contribution in [0.4, 0.5) is 5.82 Å². The van der Waals surface area contributed by atoms with Crippen molar-refractivity contribution in [2.75, 3.05) is 11.4 Å². The van der Waals surface area contributed by atoms with Gasteiger partial charge in [-0.3, -0.25) is 9.78 Å². The molecule has 0 aliphatic heterocycles. The van der Waals surface area contributed by atoms with E-state index in [0.717, 1.165) is 25.7 Å². The molecule has 110 valence electrons. The van der Waals surface area contributed by atoms with Crippen LogP contribution in [0.1, 0.15) is 39.5 Å². The van der Waals surface area contributed by atoms with Crippen LogP contribution in [0, 0.1) is 0 Å². The first-order valence-electron chi connectivity index (χ1n) is 7.03. The Morgan fingerprint density at radius 3 is 2.75 bits per heavy atom. The molecule has 1 aliphatic carbocycles. The van der Waals surface area contributed by atoms with E-state index < -0.39 is 5.97 Å². The molecule has 0 atom stereocenters. The second-order valence-corrected chi connectivity index (χ2v) is 5.34. The van der Waals surface area contributed by atoms with Crippen molar-refractivity contribution in [3.05, 3.63) is 12.4 Å². The first-order chi connectivity index (χ1) is 9.56. The van der Waals surface area contributed by atoms with Crippen molar-refractivity contribution in [1.82, 2.24) is 9.97 Å². The van der Waals surface area contributed by atoms with Crippen LogP contribution in [-0.2, 0) is 4.79 Å². The van der Waals surface area contributed by atoms with E-state index in [1.54, 1.807) is 12.4 Å². The SMILES string of the molecule is CC(C)Oc1cncc(N(CC(=O)O)C2CCCC2)n1. The van der Waals surface area contributed by atoms with Gasteiger partial charge in [0.25, 0.3) is 0 Å². The average molecular weight is 279 g/mol. The van der Waals surface area contributed by atoms with Gasteiger partial charge in [-0.15, -0.1) is 0 Å². The zero-order chi connectivity index (χ0) is 14.5. The minimum Gasteiger partial charge on any atom is -0.480 e. The van der Waals surface area contributed by atoms with Gasteiger partial charge in [0, 0.05) is 6.04 Å². The van der Waals surface area contributed by atoms with Crippen molar-refractivity contribution in [2.45, 2.75) is 51.7 Å². The molecule has 1 aromatic rings. The van der Waals surface area contributed by atoms with Gasteiger partial charge in [0.1, 0.15) is 6.54 Å². The highest BCUT2D eigenvalue weighted by atomic mass is 16.5. The van der Waals surface area contributed by atoms with Crippen LogP contribution in [0.3, 0.4) is 0 Å². The molecule has 1 saturated carbocycles. The number of hydrogen-bond acceptors (Lipinski definition) is 5. The van der Waals surface area contributed by atoms with Crippen molar-refractivity contribution >= 4 is 11.8 Å². The molecule has 1 aromatic heterocycles. The Bertz CT molecular complexity index is 459. The first kappa shape index (κ1) is 14.6. The number of aromatic nitrogens is 2. The molecule has 20 heavy (non-hydrogen) atoms. The molecule has 0 radical (unpaired) electrons. The molecule has 0 aromatic carbocycles. The lowest BCUT2D eigenvalue weighted by atomic mass is 10.2. The number of rotatable bonds is 6. The highest BCUT2D eigenvalue weighted by Gasteiger charge is 2.26. The summed E-state index contributed by atoms with van der Waals surface area (Å²) in [7, 11) is 0. The van der Waals surface area contributed by atoms with Crippen LogP contribution < -0.4 is 9.64 Å². The molecule has 1 aliphatic rings. The summed E-state index contributed by atoms with van der Waals surface area (Å²) in [5, 5.41) is 9.10. The molecule has 0 amide bonds. The van der Waals surface area contributed by atoms with Crippen LogP contribution in [0.15, 0.2) is 12.4 Å². The maximum absolute atomic E-state index is 11.1. The molecule has 2 rings (SSSR count). The third-order valence-corrected chi connectivity index (χ3v) is 3.32. The van der Waals surface area contributed by atoms with Crippen LogP contribution in [0.25, 0.3) is 0 Å². The molecule has 0 bridgehead atoms. The van der Waals surface area contributed by atoms with Gasteiger partial charge in [-0.2, -0.15) is 4.98 Å². The fraction of sp³-hybridized carbons (Fsp3) is 0.643. The van der Waals surface area contributed by atoms with Crippen molar-refractivity contribution in [3.63, 3.8) is 0 Å². The Balaban J connectivity index is 2.20. The molecule has 0 saturated heterocycles. The molecule has 0 unspecified atom stereocenters. The summed E-state index contributed by atoms with van der Waals surface area (Å²) < 4.78 is 5.52. The highest BCUT2D eigenvalue weighted by molar-refractivity contribution is 5.73. The predicted octanol–water partition coefficient (Wildman–Crippen LogP) is 2.10. The zero-order valence-electron chi connectivity index (χ0n) is 12.0. The van der Waals surface area contributed by atoms with E-state index in [1.165, 1.54) is 0 Å². The Hall–Kier alpha value is -1.85. The normalized spacial score (nSPS) is 15.6. The average Bonchev–Trinajstić information content (AvgIpc) is 2.89. The van der Waals surface area contributed by atoms with Crippen molar-refractivity contribution < 1.29 is 14.6 Å². The summed E-state index contributed by atoms with van der Waals surface area (Å²) in [5.74, 6) is 0.164. The zero-order valence-corrected chi connectivity index (χ0v) is 12.0. The van der Waals surface area contributed by atoms with E-state index in [4.69, 9.17) is 9.84 Å². The summed E-state index contributed by atoms with van der Waals surface area (Å²) in [6.45, 7) is 3.78.